The van der Waals surface area contributed by atoms with E-state index in [1.54, 1.807) is 37.4 Å². The normalized spacial score (nSPS) is 12.5. The van der Waals surface area contributed by atoms with E-state index >= 15 is 0 Å². The van der Waals surface area contributed by atoms with Crippen molar-refractivity contribution in [2.45, 2.75) is 65.7 Å². The molecule has 12 heteroatoms. The van der Waals surface area contributed by atoms with E-state index in [1.807, 2.05) is 142 Å². The maximum Gasteiger partial charge on any atom is 0.336 e. The van der Waals surface area contributed by atoms with Crippen LogP contribution in [0, 0.1) is 13.8 Å². The van der Waals surface area contributed by atoms with Gasteiger partial charge in [0.1, 0.15) is 5.75 Å². The number of methoxy groups -OCH3 is 1. The van der Waals surface area contributed by atoms with Crippen LogP contribution in [0.4, 0.5) is 0 Å². The molecule has 11 nitrogen and oxygen atoms in total. The van der Waals surface area contributed by atoms with Gasteiger partial charge in [0, 0.05) is 57.3 Å². The number of halogens is 1. The molecule has 0 unspecified atom stereocenters. The lowest BCUT2D eigenvalue weighted by molar-refractivity contribution is 0.0687. The first-order chi connectivity index (χ1) is 38.2. The summed E-state index contributed by atoms with van der Waals surface area (Å²) in [5.74, 6) is -1.89. The average Bonchev–Trinajstić information content (AvgIpc) is 4.08. The number of aromatic carboxylic acids is 2. The molecule has 1 aliphatic heterocycles. The number of carboxylic acids is 2. The van der Waals surface area contributed by atoms with Gasteiger partial charge in [-0.3, -0.25) is 9.59 Å². The molecule has 11 rings (SSSR count). The highest BCUT2D eigenvalue weighted by Crippen LogP contribution is 2.42. The molecule has 2 bridgehead atoms. The summed E-state index contributed by atoms with van der Waals surface area (Å²) >= 11 is 6.48. The maximum absolute atomic E-state index is 14.2. The van der Waals surface area contributed by atoms with Crippen LogP contribution in [0.15, 0.2) is 170 Å². The Labute approximate surface area is 462 Å². The monoisotopic (exact) mass is 1060 g/mol. The average molecular weight is 1070 g/mol. The van der Waals surface area contributed by atoms with Gasteiger partial charge in [-0.05, 0) is 162 Å². The topological polar surface area (TPSA) is 152 Å². The summed E-state index contributed by atoms with van der Waals surface area (Å²) < 4.78 is 9.80. The van der Waals surface area contributed by atoms with Gasteiger partial charge in [0.2, 0.25) is 0 Å². The van der Waals surface area contributed by atoms with Crippen LogP contribution in [-0.4, -0.2) is 50.2 Å². The molecular formula is C67H57ClN4O7. The molecule has 4 N–H and O–H groups in total. The number of nitrogens with one attached hydrogen (secondary N) is 2. The van der Waals surface area contributed by atoms with Gasteiger partial charge in [-0.25, -0.2) is 9.59 Å². The number of carboxylic acid groups (broad SMARTS) is 2. The summed E-state index contributed by atoms with van der Waals surface area (Å²) in [6, 6.07) is 53.5. The van der Waals surface area contributed by atoms with E-state index < -0.39 is 11.9 Å². The van der Waals surface area contributed by atoms with Crippen LogP contribution in [0.25, 0.3) is 55.3 Å². The van der Waals surface area contributed by atoms with Crippen LogP contribution in [0.5, 0.6) is 5.75 Å². The second kappa shape index (κ2) is 21.3. The van der Waals surface area contributed by atoms with E-state index in [2.05, 4.69) is 44.9 Å². The third kappa shape index (κ3) is 9.82. The Bertz CT molecular complexity index is 4080. The van der Waals surface area contributed by atoms with Gasteiger partial charge in [-0.15, -0.1) is 0 Å². The second-order valence-corrected chi connectivity index (χ2v) is 20.8. The molecule has 8 aromatic carbocycles. The predicted molar refractivity (Wildman–Crippen MR) is 312 cm³/mol. The fraction of sp³-hybridized carbons (Fsp3) is 0.164. The number of benzene rings is 8. The van der Waals surface area contributed by atoms with E-state index in [9.17, 15) is 29.4 Å². The van der Waals surface area contributed by atoms with Crippen LogP contribution in [-0.2, 0) is 19.5 Å². The largest absolute Gasteiger partial charge is 0.495 e. The first-order valence-electron chi connectivity index (χ1n) is 26.4. The van der Waals surface area contributed by atoms with E-state index in [0.29, 0.717) is 52.5 Å². The Morgan fingerprint density at radius 1 is 0.633 bits per heavy atom. The minimum absolute atomic E-state index is 0.156. The molecular weight excluding hydrogens is 1010 g/mol. The van der Waals surface area contributed by atoms with E-state index in [4.69, 9.17) is 16.3 Å². The van der Waals surface area contributed by atoms with E-state index in [1.165, 1.54) is 0 Å². The SMILES string of the molecule is CC[C@H](NC(=O)c1ccc2c(c1)c(C)c1n2Cc2ccc(Cc3c(C)n(Cc4ccc(-c5ccccc5C(=O)O)cc4)c4ccc(C(=O)N[C@@H](C)c5ccc(OC)c(Cl)c5)cc34)cc2-c2ccc(C(=O)O)c-1c2)c1ccccc1. The Kier molecular flexibility index (Phi) is 14.0. The number of ether oxygens (including phenoxy) is 1. The quantitative estimate of drug-likeness (QED) is 0.0798. The molecule has 0 spiro atoms. The minimum atomic E-state index is -1.03. The van der Waals surface area contributed by atoms with Crippen LogP contribution in [0.1, 0.15) is 118 Å². The van der Waals surface area contributed by atoms with Crippen molar-refractivity contribution >= 4 is 57.2 Å². The molecule has 394 valence electrons. The number of amides is 2. The highest BCUT2D eigenvalue weighted by Gasteiger charge is 2.27. The van der Waals surface area contributed by atoms with E-state index in [0.717, 1.165) is 95.2 Å². The fourth-order valence-electron chi connectivity index (χ4n) is 11.5. The van der Waals surface area contributed by atoms with Crippen molar-refractivity contribution in [3.63, 3.8) is 0 Å². The van der Waals surface area contributed by atoms with Crippen molar-refractivity contribution in [3.8, 4) is 39.3 Å². The lowest BCUT2D eigenvalue weighted by Crippen LogP contribution is -2.28. The third-order valence-corrected chi connectivity index (χ3v) is 16.0. The van der Waals surface area contributed by atoms with Crippen LogP contribution >= 0.6 is 11.6 Å². The number of hydrogen-bond acceptors (Lipinski definition) is 5. The molecule has 10 aromatic rings. The van der Waals surface area contributed by atoms with Crippen LogP contribution in [0.3, 0.4) is 0 Å². The van der Waals surface area contributed by atoms with Crippen molar-refractivity contribution in [2.24, 2.45) is 0 Å². The fourth-order valence-corrected chi connectivity index (χ4v) is 11.7. The lowest BCUT2D eigenvalue weighted by atomic mass is 9.89. The summed E-state index contributed by atoms with van der Waals surface area (Å²) in [5.41, 5.74) is 15.9. The van der Waals surface area contributed by atoms with Gasteiger partial charge in [-0.1, -0.05) is 122 Å². The Morgan fingerprint density at radius 3 is 2.00 bits per heavy atom. The number of aryl methyl sites for hydroxylation is 1. The van der Waals surface area contributed by atoms with Crippen molar-refractivity contribution < 1.29 is 34.1 Å². The Balaban J connectivity index is 0.964. The molecule has 2 atom stereocenters. The maximum atomic E-state index is 14.2. The molecule has 0 saturated heterocycles. The molecule has 1 aliphatic rings. The van der Waals surface area contributed by atoms with Gasteiger partial charge in [0.05, 0.1) is 41.0 Å². The van der Waals surface area contributed by atoms with Crippen LogP contribution in [0.2, 0.25) is 5.02 Å². The molecule has 0 aliphatic carbocycles. The Morgan fingerprint density at radius 2 is 1.29 bits per heavy atom. The van der Waals surface area contributed by atoms with Gasteiger partial charge in [0.25, 0.3) is 11.8 Å². The standard InChI is InChI=1S/C67H57ClN4O7/c1-6-59(44-12-8-7-9-13-44)70-65(74)47-23-27-60-53(33-47)38(2)63-57-32-46(22-26-52(57)67(77)78)55-31-42(18-21-49(55)37-72(60)63)30-54-40(4)71(36-41-16-19-43(20-17-41)50-14-10-11-15-51(50)66(75)76)61-28-24-48(34-56(54)61)64(73)69-39(3)45-25-29-62(79-5)58(68)35-45/h7-29,31-35,39,59H,6,30,36-37H2,1-5H3,(H,69,73)(H,70,74)(H,75,76)(H,77,78)/t39-,59-/m0/s1. The molecule has 3 heterocycles. The van der Waals surface area contributed by atoms with Gasteiger partial charge >= 0.3 is 11.9 Å². The molecule has 0 radical (unpaired) electrons. The van der Waals surface area contributed by atoms with Crippen LogP contribution < -0.4 is 15.4 Å². The smallest absolute Gasteiger partial charge is 0.336 e. The highest BCUT2D eigenvalue weighted by molar-refractivity contribution is 6.32. The summed E-state index contributed by atoms with van der Waals surface area (Å²) in [4.78, 5) is 53.2. The number of nitrogens with zero attached hydrogens (tertiary/aromatic N) is 2. The summed E-state index contributed by atoms with van der Waals surface area (Å²) in [5, 5.41) is 29.2. The summed E-state index contributed by atoms with van der Waals surface area (Å²) in [6.07, 6.45) is 1.24. The molecule has 2 aromatic heterocycles. The zero-order valence-electron chi connectivity index (χ0n) is 44.4. The lowest BCUT2D eigenvalue weighted by Gasteiger charge is -2.22. The first-order valence-corrected chi connectivity index (χ1v) is 26.7. The number of carbonyl (C=O) groups excluding carboxylic acids is 2. The number of hydrogen-bond donors (Lipinski definition) is 4. The molecule has 0 saturated carbocycles. The van der Waals surface area contributed by atoms with Gasteiger partial charge < -0.3 is 34.7 Å². The first kappa shape index (κ1) is 51.9. The number of rotatable bonds is 15. The number of fused-ring (bicyclic) bond motifs is 9. The summed E-state index contributed by atoms with van der Waals surface area (Å²) in [6.45, 7) is 9.03. The number of carbonyl (C=O) groups is 4. The van der Waals surface area contributed by atoms with Crippen molar-refractivity contribution in [2.75, 3.05) is 7.11 Å². The van der Waals surface area contributed by atoms with Crippen molar-refractivity contribution in [1.29, 1.82) is 0 Å². The molecule has 2 amide bonds. The number of aromatic nitrogens is 2. The van der Waals surface area contributed by atoms with Crippen molar-refractivity contribution in [1.82, 2.24) is 19.8 Å². The third-order valence-electron chi connectivity index (χ3n) is 15.7. The van der Waals surface area contributed by atoms with Gasteiger partial charge in [-0.2, -0.15) is 0 Å². The molecule has 0 fully saturated rings. The second-order valence-electron chi connectivity index (χ2n) is 20.4. The zero-order chi connectivity index (χ0) is 55.2. The van der Waals surface area contributed by atoms with Gasteiger partial charge in [0.15, 0.2) is 0 Å². The minimum Gasteiger partial charge on any atom is -0.495 e. The van der Waals surface area contributed by atoms with Crippen molar-refractivity contribution in [3.05, 3.63) is 242 Å². The highest BCUT2D eigenvalue weighted by atomic mass is 35.5. The Hall–Kier alpha value is -9.19. The van der Waals surface area contributed by atoms with E-state index in [-0.39, 0.29) is 35.0 Å². The zero-order valence-corrected chi connectivity index (χ0v) is 45.1. The molecule has 79 heavy (non-hydrogen) atoms. The predicted octanol–water partition coefficient (Wildman–Crippen LogP) is 14.6. The summed E-state index contributed by atoms with van der Waals surface area (Å²) in [7, 11) is 1.56.